The van der Waals surface area contributed by atoms with Crippen molar-refractivity contribution < 1.29 is 31.1 Å². The lowest BCUT2D eigenvalue weighted by atomic mass is 10.2. The van der Waals surface area contributed by atoms with Gasteiger partial charge in [0.1, 0.15) is 10.6 Å². The van der Waals surface area contributed by atoms with Crippen LogP contribution in [0.1, 0.15) is 12.5 Å². The van der Waals surface area contributed by atoms with Gasteiger partial charge < -0.3 is 10.1 Å². The van der Waals surface area contributed by atoms with E-state index in [2.05, 4.69) is 10.0 Å². The van der Waals surface area contributed by atoms with Crippen LogP contribution in [0, 0.1) is 0 Å². The molecule has 0 fully saturated rings. The van der Waals surface area contributed by atoms with Gasteiger partial charge in [0.05, 0.1) is 18.7 Å². The number of rotatable bonds is 6. The molecule has 152 valence electrons. The van der Waals surface area contributed by atoms with Gasteiger partial charge in [-0.2, -0.15) is 17.9 Å². The zero-order valence-corrected chi connectivity index (χ0v) is 16.2. The molecule has 0 aliphatic rings. The summed E-state index contributed by atoms with van der Waals surface area (Å²) >= 11 is 5.82. The van der Waals surface area contributed by atoms with Crippen LogP contribution in [0.3, 0.4) is 0 Å². The van der Waals surface area contributed by atoms with E-state index in [0.717, 1.165) is 24.3 Å². The smallest absolute Gasteiger partial charge is 0.416 e. The third kappa shape index (κ3) is 5.37. The highest BCUT2D eigenvalue weighted by molar-refractivity contribution is 7.89. The van der Waals surface area contributed by atoms with Crippen LogP contribution in [-0.2, 0) is 21.0 Å². The van der Waals surface area contributed by atoms with Crippen molar-refractivity contribution in [3.8, 4) is 5.75 Å². The summed E-state index contributed by atoms with van der Waals surface area (Å²) in [5.41, 5.74) is -0.781. The highest BCUT2D eigenvalue weighted by Crippen LogP contribution is 2.30. The van der Waals surface area contributed by atoms with Crippen LogP contribution in [-0.4, -0.2) is 27.5 Å². The number of nitrogens with one attached hydrogen (secondary N) is 2. The van der Waals surface area contributed by atoms with Crippen LogP contribution in [0.15, 0.2) is 47.4 Å². The summed E-state index contributed by atoms with van der Waals surface area (Å²) in [6.45, 7) is 1.29. The minimum atomic E-state index is -4.50. The molecule has 2 aromatic carbocycles. The highest BCUT2D eigenvalue weighted by Gasteiger charge is 2.30. The van der Waals surface area contributed by atoms with Crippen molar-refractivity contribution in [1.82, 2.24) is 4.72 Å². The molecule has 0 unspecified atom stereocenters. The molecule has 28 heavy (non-hydrogen) atoms. The van der Waals surface area contributed by atoms with Gasteiger partial charge in [0.2, 0.25) is 15.9 Å². The van der Waals surface area contributed by atoms with E-state index in [1.165, 1.54) is 32.2 Å². The molecule has 0 aromatic heterocycles. The van der Waals surface area contributed by atoms with E-state index in [4.69, 9.17) is 16.3 Å². The summed E-state index contributed by atoms with van der Waals surface area (Å²) in [6, 6.07) is 6.51. The largest absolute Gasteiger partial charge is 0.495 e. The maximum absolute atomic E-state index is 12.6. The topological polar surface area (TPSA) is 84.5 Å². The van der Waals surface area contributed by atoms with E-state index in [-0.39, 0.29) is 21.4 Å². The van der Waals surface area contributed by atoms with Crippen molar-refractivity contribution in [3.63, 3.8) is 0 Å². The van der Waals surface area contributed by atoms with Crippen LogP contribution in [0.4, 0.5) is 18.9 Å². The number of methoxy groups -OCH3 is 1. The van der Waals surface area contributed by atoms with E-state index < -0.39 is 33.7 Å². The number of halogens is 4. The first-order valence-corrected chi connectivity index (χ1v) is 9.64. The Morgan fingerprint density at radius 1 is 1.14 bits per heavy atom. The molecule has 6 nitrogen and oxygen atoms in total. The van der Waals surface area contributed by atoms with E-state index in [9.17, 15) is 26.4 Å². The molecule has 0 aliphatic carbocycles. The molecule has 2 N–H and O–H groups in total. The number of hydrogen-bond donors (Lipinski definition) is 2. The predicted octanol–water partition coefficient (Wildman–Crippen LogP) is 3.67. The lowest BCUT2D eigenvalue weighted by Gasteiger charge is -2.16. The summed E-state index contributed by atoms with van der Waals surface area (Å²) in [5, 5.41) is 2.50. The number of carbonyl (C=O) groups excluding carboxylic acids is 1. The Morgan fingerprint density at radius 3 is 2.29 bits per heavy atom. The van der Waals surface area contributed by atoms with Crippen LogP contribution < -0.4 is 14.8 Å². The van der Waals surface area contributed by atoms with Gasteiger partial charge in [-0.3, -0.25) is 4.79 Å². The Balaban J connectivity index is 2.12. The van der Waals surface area contributed by atoms with Crippen molar-refractivity contribution in [2.45, 2.75) is 24.0 Å². The van der Waals surface area contributed by atoms with Crippen LogP contribution in [0.25, 0.3) is 0 Å². The fourth-order valence-corrected chi connectivity index (χ4v) is 3.84. The molecule has 11 heteroatoms. The van der Waals surface area contributed by atoms with Crippen LogP contribution >= 0.6 is 11.6 Å². The summed E-state index contributed by atoms with van der Waals surface area (Å²) < 4.78 is 69.9. The molecule has 0 aliphatic heterocycles. The van der Waals surface area contributed by atoms with Gasteiger partial charge in [0.15, 0.2) is 0 Å². The van der Waals surface area contributed by atoms with Gasteiger partial charge in [0.25, 0.3) is 0 Å². The highest BCUT2D eigenvalue weighted by atomic mass is 35.5. The van der Waals surface area contributed by atoms with Gasteiger partial charge in [-0.05, 0) is 49.4 Å². The summed E-state index contributed by atoms with van der Waals surface area (Å²) in [4.78, 5) is 12.0. The molecule has 0 radical (unpaired) electrons. The van der Waals surface area contributed by atoms with Crippen molar-refractivity contribution in [2.75, 3.05) is 12.4 Å². The van der Waals surface area contributed by atoms with E-state index in [0.29, 0.717) is 0 Å². The first kappa shape index (κ1) is 22.0. The molecule has 0 heterocycles. The second-order valence-electron chi connectivity index (χ2n) is 5.70. The first-order valence-electron chi connectivity index (χ1n) is 7.78. The number of hydrogen-bond acceptors (Lipinski definition) is 4. The number of alkyl halides is 3. The Kier molecular flexibility index (Phi) is 6.58. The molecule has 0 saturated carbocycles. The number of carbonyl (C=O) groups is 1. The normalized spacial score (nSPS) is 13.1. The fourth-order valence-electron chi connectivity index (χ4n) is 2.20. The van der Waals surface area contributed by atoms with Gasteiger partial charge in [-0.25, -0.2) is 8.42 Å². The van der Waals surface area contributed by atoms with Crippen molar-refractivity contribution in [3.05, 3.63) is 53.1 Å². The molecule has 0 bridgehead atoms. The van der Waals surface area contributed by atoms with E-state index in [1.807, 2.05) is 0 Å². The molecule has 0 saturated heterocycles. The monoisotopic (exact) mass is 436 g/mol. The van der Waals surface area contributed by atoms with Crippen molar-refractivity contribution in [2.24, 2.45) is 0 Å². The minimum absolute atomic E-state index is 0.0345. The van der Waals surface area contributed by atoms with E-state index >= 15 is 0 Å². The third-order valence-electron chi connectivity index (χ3n) is 3.62. The second kappa shape index (κ2) is 8.38. The standard InChI is InChI=1S/C17H16ClF3N2O4S/c1-10(16(24)22-13-6-3-11(4-7-13)17(19,20)21)23-28(25,26)15-9-12(18)5-8-14(15)27-2/h3-10,23H,1-2H3,(H,22,24)/t10-/m0/s1. The fraction of sp³-hybridized carbons (Fsp3) is 0.235. The Labute approximate surface area is 164 Å². The average molecular weight is 437 g/mol. The molecule has 2 aromatic rings. The second-order valence-corrected chi connectivity index (χ2v) is 7.82. The van der Waals surface area contributed by atoms with Gasteiger partial charge in [-0.15, -0.1) is 0 Å². The number of sulfonamides is 1. The van der Waals surface area contributed by atoms with Gasteiger partial charge in [0, 0.05) is 10.7 Å². The zero-order chi connectivity index (χ0) is 21.1. The summed E-state index contributed by atoms with van der Waals surface area (Å²) in [5.74, 6) is -0.725. The zero-order valence-electron chi connectivity index (χ0n) is 14.7. The molecule has 1 amide bonds. The van der Waals surface area contributed by atoms with Crippen molar-refractivity contribution in [1.29, 1.82) is 0 Å². The number of amides is 1. The maximum Gasteiger partial charge on any atom is 0.416 e. The Hall–Kier alpha value is -2.30. The SMILES string of the molecule is COc1ccc(Cl)cc1S(=O)(=O)N[C@@H](C)C(=O)Nc1ccc(C(F)(F)F)cc1. The Morgan fingerprint density at radius 2 is 1.75 bits per heavy atom. The molecule has 0 spiro atoms. The third-order valence-corrected chi connectivity index (χ3v) is 5.42. The van der Waals surface area contributed by atoms with Crippen LogP contribution in [0.2, 0.25) is 5.02 Å². The molecular weight excluding hydrogens is 421 g/mol. The van der Waals surface area contributed by atoms with Gasteiger partial charge in [-0.1, -0.05) is 11.6 Å². The summed E-state index contributed by atoms with van der Waals surface area (Å²) in [7, 11) is -2.88. The predicted molar refractivity (Wildman–Crippen MR) is 97.9 cm³/mol. The quantitative estimate of drug-likeness (QED) is 0.723. The van der Waals surface area contributed by atoms with Gasteiger partial charge >= 0.3 is 6.18 Å². The average Bonchev–Trinajstić information content (AvgIpc) is 2.61. The molecule has 2 rings (SSSR count). The van der Waals surface area contributed by atoms with E-state index in [1.54, 1.807) is 0 Å². The molecule has 1 atom stereocenters. The Bertz CT molecular complexity index is 963. The summed E-state index contributed by atoms with van der Waals surface area (Å²) in [6.07, 6.45) is -4.50. The number of anilines is 1. The number of benzene rings is 2. The lowest BCUT2D eigenvalue weighted by molar-refractivity contribution is -0.137. The minimum Gasteiger partial charge on any atom is -0.495 e. The maximum atomic E-state index is 12.6. The lowest BCUT2D eigenvalue weighted by Crippen LogP contribution is -2.41. The van der Waals surface area contributed by atoms with Crippen molar-refractivity contribution >= 4 is 33.2 Å². The van der Waals surface area contributed by atoms with Crippen LogP contribution in [0.5, 0.6) is 5.75 Å². The first-order chi connectivity index (χ1) is 12.9. The number of ether oxygens (including phenoxy) is 1. The molecular formula is C17H16ClF3N2O4S.